The predicted octanol–water partition coefficient (Wildman–Crippen LogP) is 1.15. The fourth-order valence-corrected chi connectivity index (χ4v) is 2.95. The van der Waals surface area contributed by atoms with Gasteiger partial charge >= 0.3 is 0 Å². The smallest absolute Gasteiger partial charge is 0.0113 e. The van der Waals surface area contributed by atoms with Gasteiger partial charge in [0, 0.05) is 38.3 Å². The van der Waals surface area contributed by atoms with Crippen molar-refractivity contribution in [1.29, 1.82) is 0 Å². The molecule has 2 aliphatic rings. The summed E-state index contributed by atoms with van der Waals surface area (Å²) in [5.74, 6) is 0. The maximum atomic E-state index is 3.66. The molecule has 0 spiro atoms. The van der Waals surface area contributed by atoms with Gasteiger partial charge in [-0.1, -0.05) is 6.42 Å². The molecule has 0 amide bonds. The fourth-order valence-electron chi connectivity index (χ4n) is 2.95. The first-order valence-electron chi connectivity index (χ1n) is 6.91. The Morgan fingerprint density at radius 3 is 2.56 bits per heavy atom. The molecule has 2 unspecified atom stereocenters. The van der Waals surface area contributed by atoms with Crippen molar-refractivity contribution >= 4 is 0 Å². The zero-order chi connectivity index (χ0) is 11.4. The highest BCUT2D eigenvalue weighted by Gasteiger charge is 2.22. The topological polar surface area (TPSA) is 18.5 Å². The van der Waals surface area contributed by atoms with Crippen LogP contribution in [0.5, 0.6) is 0 Å². The van der Waals surface area contributed by atoms with Gasteiger partial charge in [-0.3, -0.25) is 4.90 Å². The van der Waals surface area contributed by atoms with E-state index in [1.54, 1.807) is 0 Å². The van der Waals surface area contributed by atoms with Gasteiger partial charge in [-0.15, -0.1) is 0 Å². The van der Waals surface area contributed by atoms with E-state index in [0.29, 0.717) is 0 Å². The molecule has 0 aromatic carbocycles. The molecule has 0 saturated carbocycles. The molecule has 2 saturated heterocycles. The standard InChI is InChI=1S/C13H27N3/c1-12(11-13-5-3-4-6-14-13)16-9-7-15(2)8-10-16/h12-14H,3-11H2,1-2H3. The van der Waals surface area contributed by atoms with Gasteiger partial charge < -0.3 is 10.2 Å². The SMILES string of the molecule is CC(CC1CCCCN1)N1CCN(C)CC1. The Morgan fingerprint density at radius 1 is 1.19 bits per heavy atom. The van der Waals surface area contributed by atoms with Crippen LogP contribution in [0.4, 0.5) is 0 Å². The minimum atomic E-state index is 0.754. The Bertz CT molecular complexity index is 193. The number of piperidine rings is 1. The lowest BCUT2D eigenvalue weighted by molar-refractivity contribution is 0.107. The monoisotopic (exact) mass is 225 g/mol. The molecular formula is C13H27N3. The lowest BCUT2D eigenvalue weighted by Crippen LogP contribution is -2.50. The number of piperazine rings is 1. The number of nitrogens with one attached hydrogen (secondary N) is 1. The normalized spacial score (nSPS) is 31.5. The molecule has 0 aliphatic carbocycles. The molecule has 2 atom stereocenters. The van der Waals surface area contributed by atoms with Crippen molar-refractivity contribution in [2.75, 3.05) is 39.8 Å². The zero-order valence-electron chi connectivity index (χ0n) is 10.9. The average Bonchev–Trinajstić information content (AvgIpc) is 2.31. The molecular weight excluding hydrogens is 198 g/mol. The largest absolute Gasteiger partial charge is 0.314 e. The maximum absolute atomic E-state index is 3.66. The first kappa shape index (κ1) is 12.3. The summed E-state index contributed by atoms with van der Waals surface area (Å²) in [7, 11) is 2.23. The van der Waals surface area contributed by atoms with E-state index in [1.807, 2.05) is 0 Å². The Morgan fingerprint density at radius 2 is 1.94 bits per heavy atom. The molecule has 16 heavy (non-hydrogen) atoms. The van der Waals surface area contributed by atoms with Gasteiger partial charge in [0.05, 0.1) is 0 Å². The first-order chi connectivity index (χ1) is 7.75. The van der Waals surface area contributed by atoms with Crippen LogP contribution in [0.1, 0.15) is 32.6 Å². The highest BCUT2D eigenvalue weighted by Crippen LogP contribution is 2.16. The van der Waals surface area contributed by atoms with Gasteiger partial charge in [0.2, 0.25) is 0 Å². The Balaban J connectivity index is 1.72. The summed E-state index contributed by atoms with van der Waals surface area (Å²) in [4.78, 5) is 5.10. The molecule has 0 radical (unpaired) electrons. The summed E-state index contributed by atoms with van der Waals surface area (Å²) in [5, 5.41) is 3.66. The van der Waals surface area contributed by atoms with Crippen molar-refractivity contribution in [2.45, 2.75) is 44.7 Å². The summed E-state index contributed by atoms with van der Waals surface area (Å²) in [6, 6.07) is 1.53. The van der Waals surface area contributed by atoms with E-state index in [2.05, 4.69) is 29.1 Å². The van der Waals surface area contributed by atoms with Crippen LogP contribution in [0, 0.1) is 0 Å². The van der Waals surface area contributed by atoms with Crippen molar-refractivity contribution in [3.8, 4) is 0 Å². The van der Waals surface area contributed by atoms with Crippen LogP contribution in [0.25, 0.3) is 0 Å². The summed E-state index contributed by atoms with van der Waals surface area (Å²) in [6.07, 6.45) is 5.52. The third-order valence-electron chi connectivity index (χ3n) is 4.20. The van der Waals surface area contributed by atoms with Crippen molar-refractivity contribution in [3.63, 3.8) is 0 Å². The highest BCUT2D eigenvalue weighted by atomic mass is 15.3. The van der Waals surface area contributed by atoms with Gasteiger partial charge in [0.1, 0.15) is 0 Å². The van der Waals surface area contributed by atoms with Crippen LogP contribution in [0.2, 0.25) is 0 Å². The molecule has 2 rings (SSSR count). The first-order valence-corrected chi connectivity index (χ1v) is 6.91. The van der Waals surface area contributed by atoms with Crippen LogP contribution < -0.4 is 5.32 Å². The molecule has 2 aliphatic heterocycles. The fraction of sp³-hybridized carbons (Fsp3) is 1.00. The van der Waals surface area contributed by atoms with E-state index >= 15 is 0 Å². The summed E-state index contributed by atoms with van der Waals surface area (Å²) in [5.41, 5.74) is 0. The average molecular weight is 225 g/mol. The van der Waals surface area contributed by atoms with E-state index in [0.717, 1.165) is 12.1 Å². The van der Waals surface area contributed by atoms with Gasteiger partial charge in [-0.2, -0.15) is 0 Å². The van der Waals surface area contributed by atoms with Gasteiger partial charge in [0.25, 0.3) is 0 Å². The molecule has 1 N–H and O–H groups in total. The van der Waals surface area contributed by atoms with E-state index in [4.69, 9.17) is 0 Å². The van der Waals surface area contributed by atoms with Gasteiger partial charge in [-0.25, -0.2) is 0 Å². The maximum Gasteiger partial charge on any atom is 0.0113 e. The highest BCUT2D eigenvalue weighted by molar-refractivity contribution is 4.81. The lowest BCUT2D eigenvalue weighted by Gasteiger charge is -2.38. The Hall–Kier alpha value is -0.120. The predicted molar refractivity (Wildman–Crippen MR) is 68.8 cm³/mol. The second-order valence-corrected chi connectivity index (χ2v) is 5.57. The molecule has 2 heterocycles. The molecule has 2 fully saturated rings. The van der Waals surface area contributed by atoms with E-state index in [9.17, 15) is 0 Å². The van der Waals surface area contributed by atoms with Crippen LogP contribution in [0.3, 0.4) is 0 Å². The zero-order valence-corrected chi connectivity index (χ0v) is 10.9. The number of likely N-dealkylation sites (N-methyl/N-ethyl adjacent to an activating group) is 1. The van der Waals surface area contributed by atoms with Crippen LogP contribution in [0.15, 0.2) is 0 Å². The molecule has 3 nitrogen and oxygen atoms in total. The lowest BCUT2D eigenvalue weighted by atomic mass is 9.98. The number of hydrogen-bond donors (Lipinski definition) is 1. The molecule has 0 aromatic heterocycles. The molecule has 3 heteroatoms. The second kappa shape index (κ2) is 5.99. The molecule has 94 valence electrons. The molecule has 0 bridgehead atoms. The number of rotatable bonds is 3. The summed E-state index contributed by atoms with van der Waals surface area (Å²) in [6.45, 7) is 8.63. The van der Waals surface area contributed by atoms with Crippen molar-refractivity contribution < 1.29 is 0 Å². The minimum Gasteiger partial charge on any atom is -0.314 e. The van der Waals surface area contributed by atoms with Crippen molar-refractivity contribution in [2.24, 2.45) is 0 Å². The number of hydrogen-bond acceptors (Lipinski definition) is 3. The second-order valence-electron chi connectivity index (χ2n) is 5.57. The van der Waals surface area contributed by atoms with Gasteiger partial charge in [-0.05, 0) is 39.8 Å². The third kappa shape index (κ3) is 3.44. The van der Waals surface area contributed by atoms with Crippen LogP contribution in [-0.2, 0) is 0 Å². The summed E-state index contributed by atoms with van der Waals surface area (Å²) < 4.78 is 0. The van der Waals surface area contributed by atoms with Crippen molar-refractivity contribution in [1.82, 2.24) is 15.1 Å². The number of nitrogens with zero attached hydrogens (tertiary/aromatic N) is 2. The van der Waals surface area contributed by atoms with E-state index in [-0.39, 0.29) is 0 Å². The van der Waals surface area contributed by atoms with Crippen LogP contribution >= 0.6 is 0 Å². The van der Waals surface area contributed by atoms with Gasteiger partial charge in [0.15, 0.2) is 0 Å². The molecule has 0 aromatic rings. The third-order valence-corrected chi connectivity index (χ3v) is 4.20. The van der Waals surface area contributed by atoms with Crippen LogP contribution in [-0.4, -0.2) is 61.7 Å². The Labute approximate surface area is 100 Å². The van der Waals surface area contributed by atoms with E-state index < -0.39 is 0 Å². The van der Waals surface area contributed by atoms with E-state index in [1.165, 1.54) is 58.4 Å². The Kier molecular flexibility index (Phi) is 4.62. The minimum absolute atomic E-state index is 0.754. The quantitative estimate of drug-likeness (QED) is 0.777. The summed E-state index contributed by atoms with van der Waals surface area (Å²) >= 11 is 0. The van der Waals surface area contributed by atoms with Crippen molar-refractivity contribution in [3.05, 3.63) is 0 Å².